The van der Waals surface area contributed by atoms with Gasteiger partial charge in [-0.05, 0) is 37.4 Å². The molecule has 1 unspecified atom stereocenters. The van der Waals surface area contributed by atoms with Crippen molar-refractivity contribution in [3.05, 3.63) is 0 Å². The van der Waals surface area contributed by atoms with Crippen LogP contribution in [0.1, 0.15) is 32.6 Å². The summed E-state index contributed by atoms with van der Waals surface area (Å²) in [5, 5.41) is 3.59. The van der Waals surface area contributed by atoms with Crippen LogP contribution in [0.15, 0.2) is 0 Å². The molecule has 0 heterocycles. The molecular weight excluding hydrogens is 156 g/mol. The standard InChI is InChI=1S/C8H16N2S/c1-2-7(10-8(9)11)6-4-3-5-6/h6-7H,2-5H2,1H3,(H3,9,10,11). The van der Waals surface area contributed by atoms with Crippen molar-refractivity contribution in [1.29, 1.82) is 0 Å². The van der Waals surface area contributed by atoms with E-state index in [1.807, 2.05) is 0 Å². The molecule has 0 aromatic carbocycles. The maximum absolute atomic E-state index is 5.41. The van der Waals surface area contributed by atoms with Gasteiger partial charge in [0.15, 0.2) is 5.11 Å². The Morgan fingerprint density at radius 3 is 2.64 bits per heavy atom. The van der Waals surface area contributed by atoms with Crippen LogP contribution >= 0.6 is 12.2 Å². The van der Waals surface area contributed by atoms with Crippen molar-refractivity contribution in [2.45, 2.75) is 38.6 Å². The summed E-state index contributed by atoms with van der Waals surface area (Å²) in [6, 6.07) is 0.529. The lowest BCUT2D eigenvalue weighted by atomic mass is 9.79. The molecule has 1 aliphatic carbocycles. The molecule has 0 saturated heterocycles. The molecule has 0 spiro atoms. The van der Waals surface area contributed by atoms with Crippen LogP contribution in [0.2, 0.25) is 0 Å². The van der Waals surface area contributed by atoms with Crippen molar-refractivity contribution >= 4 is 17.3 Å². The molecule has 1 fully saturated rings. The Labute approximate surface area is 73.5 Å². The van der Waals surface area contributed by atoms with E-state index in [9.17, 15) is 0 Å². The zero-order valence-corrected chi connectivity index (χ0v) is 7.79. The Bertz CT molecular complexity index is 143. The van der Waals surface area contributed by atoms with Gasteiger partial charge in [-0.15, -0.1) is 0 Å². The van der Waals surface area contributed by atoms with Crippen LogP contribution < -0.4 is 11.1 Å². The third kappa shape index (κ3) is 2.33. The van der Waals surface area contributed by atoms with Gasteiger partial charge in [0.1, 0.15) is 0 Å². The fraction of sp³-hybridized carbons (Fsp3) is 0.875. The molecule has 64 valence electrons. The minimum absolute atomic E-state index is 0.448. The third-order valence-electron chi connectivity index (χ3n) is 2.49. The summed E-state index contributed by atoms with van der Waals surface area (Å²) in [7, 11) is 0. The fourth-order valence-electron chi connectivity index (χ4n) is 1.58. The van der Waals surface area contributed by atoms with E-state index in [0.29, 0.717) is 11.2 Å². The Kier molecular flexibility index (Phi) is 3.12. The van der Waals surface area contributed by atoms with Crippen LogP contribution in [0.25, 0.3) is 0 Å². The first kappa shape index (κ1) is 8.78. The van der Waals surface area contributed by atoms with E-state index in [2.05, 4.69) is 12.2 Å². The highest BCUT2D eigenvalue weighted by molar-refractivity contribution is 7.80. The number of rotatable bonds is 3. The lowest BCUT2D eigenvalue weighted by Gasteiger charge is -2.33. The summed E-state index contributed by atoms with van der Waals surface area (Å²) in [5.41, 5.74) is 5.41. The van der Waals surface area contributed by atoms with E-state index < -0.39 is 0 Å². The first-order valence-corrected chi connectivity index (χ1v) is 4.70. The van der Waals surface area contributed by atoms with E-state index in [0.717, 1.165) is 12.3 Å². The van der Waals surface area contributed by atoms with Crippen molar-refractivity contribution in [3.63, 3.8) is 0 Å². The Morgan fingerprint density at radius 2 is 2.36 bits per heavy atom. The minimum atomic E-state index is 0.448. The van der Waals surface area contributed by atoms with Gasteiger partial charge in [0.25, 0.3) is 0 Å². The molecule has 2 nitrogen and oxygen atoms in total. The molecule has 3 N–H and O–H groups in total. The Morgan fingerprint density at radius 1 is 1.73 bits per heavy atom. The summed E-state index contributed by atoms with van der Waals surface area (Å²) in [6.45, 7) is 2.17. The molecule has 0 aromatic heterocycles. The van der Waals surface area contributed by atoms with Gasteiger partial charge < -0.3 is 11.1 Å². The van der Waals surface area contributed by atoms with Crippen LogP contribution in [0, 0.1) is 5.92 Å². The van der Waals surface area contributed by atoms with Crippen LogP contribution in [-0.4, -0.2) is 11.2 Å². The lowest BCUT2D eigenvalue weighted by molar-refractivity contribution is 0.242. The zero-order valence-electron chi connectivity index (χ0n) is 6.97. The predicted molar refractivity (Wildman–Crippen MR) is 51.3 cm³/mol. The monoisotopic (exact) mass is 172 g/mol. The number of hydrogen-bond donors (Lipinski definition) is 2. The van der Waals surface area contributed by atoms with Crippen LogP contribution in [0.5, 0.6) is 0 Å². The molecule has 1 aliphatic rings. The van der Waals surface area contributed by atoms with Crippen LogP contribution in [0.3, 0.4) is 0 Å². The van der Waals surface area contributed by atoms with Crippen molar-refractivity contribution in [2.24, 2.45) is 11.7 Å². The highest BCUT2D eigenvalue weighted by Crippen LogP contribution is 2.30. The Balaban J connectivity index is 2.29. The highest BCUT2D eigenvalue weighted by atomic mass is 32.1. The molecule has 1 saturated carbocycles. The zero-order chi connectivity index (χ0) is 8.27. The topological polar surface area (TPSA) is 38.0 Å². The molecule has 1 atom stereocenters. The van der Waals surface area contributed by atoms with Crippen LogP contribution in [-0.2, 0) is 0 Å². The molecule has 3 heteroatoms. The van der Waals surface area contributed by atoms with Gasteiger partial charge in [-0.2, -0.15) is 0 Å². The smallest absolute Gasteiger partial charge is 0.163 e. The second kappa shape index (κ2) is 3.90. The third-order valence-corrected chi connectivity index (χ3v) is 2.60. The van der Waals surface area contributed by atoms with Crippen molar-refractivity contribution in [1.82, 2.24) is 5.32 Å². The molecule has 0 amide bonds. The van der Waals surface area contributed by atoms with Crippen LogP contribution in [0.4, 0.5) is 0 Å². The second-order valence-corrected chi connectivity index (χ2v) is 3.65. The minimum Gasteiger partial charge on any atom is -0.376 e. The summed E-state index contributed by atoms with van der Waals surface area (Å²) < 4.78 is 0. The molecule has 0 radical (unpaired) electrons. The Hall–Kier alpha value is -0.310. The van der Waals surface area contributed by atoms with E-state index in [1.165, 1.54) is 19.3 Å². The van der Waals surface area contributed by atoms with E-state index in [4.69, 9.17) is 18.0 Å². The average Bonchev–Trinajstić information content (AvgIpc) is 1.81. The quantitative estimate of drug-likeness (QED) is 0.632. The maximum atomic E-state index is 5.41. The van der Waals surface area contributed by atoms with Gasteiger partial charge >= 0.3 is 0 Å². The van der Waals surface area contributed by atoms with Gasteiger partial charge in [-0.25, -0.2) is 0 Å². The van der Waals surface area contributed by atoms with Gasteiger partial charge in [-0.3, -0.25) is 0 Å². The van der Waals surface area contributed by atoms with Gasteiger partial charge in [0.2, 0.25) is 0 Å². The number of nitrogens with one attached hydrogen (secondary N) is 1. The second-order valence-electron chi connectivity index (χ2n) is 3.21. The molecular formula is C8H16N2S. The molecule has 11 heavy (non-hydrogen) atoms. The lowest BCUT2D eigenvalue weighted by Crippen LogP contribution is -2.44. The van der Waals surface area contributed by atoms with Gasteiger partial charge in [0.05, 0.1) is 0 Å². The summed E-state index contributed by atoms with van der Waals surface area (Å²) >= 11 is 4.80. The van der Waals surface area contributed by atoms with Crippen molar-refractivity contribution < 1.29 is 0 Å². The van der Waals surface area contributed by atoms with E-state index >= 15 is 0 Å². The SMILES string of the molecule is CCC(NC(N)=S)C1CCC1. The molecule has 1 rings (SSSR count). The molecule has 0 aromatic rings. The van der Waals surface area contributed by atoms with E-state index in [-0.39, 0.29) is 0 Å². The first-order chi connectivity index (χ1) is 5.24. The largest absolute Gasteiger partial charge is 0.376 e. The number of thiocarbonyl (C=S) groups is 1. The predicted octanol–water partition coefficient (Wildman–Crippen LogP) is 1.40. The van der Waals surface area contributed by atoms with Gasteiger partial charge in [0, 0.05) is 6.04 Å². The summed E-state index contributed by atoms with van der Waals surface area (Å²) in [4.78, 5) is 0. The number of nitrogens with two attached hydrogens (primary N) is 1. The molecule has 0 aliphatic heterocycles. The van der Waals surface area contributed by atoms with Gasteiger partial charge in [-0.1, -0.05) is 13.3 Å². The molecule has 0 bridgehead atoms. The van der Waals surface area contributed by atoms with Crippen molar-refractivity contribution in [2.75, 3.05) is 0 Å². The average molecular weight is 172 g/mol. The van der Waals surface area contributed by atoms with Crippen molar-refractivity contribution in [3.8, 4) is 0 Å². The maximum Gasteiger partial charge on any atom is 0.163 e. The fourth-order valence-corrected chi connectivity index (χ4v) is 1.73. The summed E-state index contributed by atoms with van der Waals surface area (Å²) in [6.07, 6.45) is 5.18. The summed E-state index contributed by atoms with van der Waals surface area (Å²) in [5.74, 6) is 0.821. The van der Waals surface area contributed by atoms with E-state index in [1.54, 1.807) is 0 Å². The number of hydrogen-bond acceptors (Lipinski definition) is 1. The normalized spacial score (nSPS) is 20.5. The first-order valence-electron chi connectivity index (χ1n) is 4.30. The highest BCUT2D eigenvalue weighted by Gasteiger charge is 2.25.